The van der Waals surface area contributed by atoms with E-state index in [1.165, 1.54) is 35.3 Å². The van der Waals surface area contributed by atoms with Crippen molar-refractivity contribution in [3.63, 3.8) is 0 Å². The highest BCUT2D eigenvalue weighted by Crippen LogP contribution is 2.09. The predicted molar refractivity (Wildman–Crippen MR) is 89.9 cm³/mol. The fraction of sp³-hybridized carbons (Fsp3) is 0.375. The van der Waals surface area contributed by atoms with E-state index in [1.807, 2.05) is 0 Å². The first-order chi connectivity index (χ1) is 12.1. The Labute approximate surface area is 144 Å². The van der Waals surface area contributed by atoms with Crippen molar-refractivity contribution in [2.75, 3.05) is 39.4 Å². The summed E-state index contributed by atoms with van der Waals surface area (Å²) in [4.78, 5) is 32.0. The fourth-order valence-corrected chi connectivity index (χ4v) is 1.90. The van der Waals surface area contributed by atoms with Crippen LogP contribution in [0, 0.1) is 0 Å². The van der Waals surface area contributed by atoms with Crippen molar-refractivity contribution in [3.05, 3.63) is 46.6 Å². The van der Waals surface area contributed by atoms with Gasteiger partial charge >= 0.3 is 6.01 Å². The molecule has 2 aromatic rings. The van der Waals surface area contributed by atoms with E-state index in [0.29, 0.717) is 37.6 Å². The summed E-state index contributed by atoms with van der Waals surface area (Å²) in [5.74, 6) is -0.372. The second-order valence-corrected chi connectivity index (χ2v) is 4.99. The van der Waals surface area contributed by atoms with Gasteiger partial charge in [-0.2, -0.15) is 0 Å². The monoisotopic (exact) mass is 348 g/mol. The minimum absolute atomic E-state index is 0.197. The minimum atomic E-state index is -0.372. The van der Waals surface area contributed by atoms with Crippen LogP contribution in [0.4, 0.5) is 5.69 Å². The SMILES string of the molecule is COCCOc1ncc(NC(=O)c2ccc(=O)n(CCOC)c2)cn1. The maximum absolute atomic E-state index is 12.3. The molecule has 0 aromatic carbocycles. The lowest BCUT2D eigenvalue weighted by Gasteiger charge is -2.09. The van der Waals surface area contributed by atoms with Gasteiger partial charge in [0.15, 0.2) is 0 Å². The molecule has 9 nitrogen and oxygen atoms in total. The van der Waals surface area contributed by atoms with Crippen LogP contribution in [-0.2, 0) is 16.0 Å². The Kier molecular flexibility index (Phi) is 7.05. The van der Waals surface area contributed by atoms with Crippen molar-refractivity contribution in [1.29, 1.82) is 0 Å². The molecular weight excluding hydrogens is 328 g/mol. The Morgan fingerprint density at radius 3 is 2.52 bits per heavy atom. The van der Waals surface area contributed by atoms with Crippen LogP contribution in [0.5, 0.6) is 6.01 Å². The third-order valence-corrected chi connectivity index (χ3v) is 3.19. The topological polar surface area (TPSA) is 105 Å². The van der Waals surface area contributed by atoms with E-state index in [-0.39, 0.29) is 17.5 Å². The highest BCUT2D eigenvalue weighted by atomic mass is 16.5. The number of nitrogens with one attached hydrogen (secondary N) is 1. The molecule has 1 N–H and O–H groups in total. The molecule has 134 valence electrons. The lowest BCUT2D eigenvalue weighted by Crippen LogP contribution is -2.23. The first-order valence-electron chi connectivity index (χ1n) is 7.58. The number of nitrogens with zero attached hydrogens (tertiary/aromatic N) is 3. The molecule has 0 atom stereocenters. The van der Waals surface area contributed by atoms with Gasteiger partial charge in [-0.05, 0) is 6.07 Å². The Morgan fingerprint density at radius 1 is 1.12 bits per heavy atom. The predicted octanol–water partition coefficient (Wildman–Crippen LogP) is 0.562. The molecule has 1 amide bonds. The lowest BCUT2D eigenvalue weighted by atomic mass is 10.2. The number of methoxy groups -OCH3 is 2. The summed E-state index contributed by atoms with van der Waals surface area (Å²) in [6.07, 6.45) is 4.36. The van der Waals surface area contributed by atoms with E-state index in [2.05, 4.69) is 15.3 Å². The van der Waals surface area contributed by atoms with Crippen LogP contribution in [0.2, 0.25) is 0 Å². The van der Waals surface area contributed by atoms with Crippen LogP contribution < -0.4 is 15.6 Å². The van der Waals surface area contributed by atoms with E-state index in [4.69, 9.17) is 14.2 Å². The minimum Gasteiger partial charge on any atom is -0.461 e. The van der Waals surface area contributed by atoms with Crippen molar-refractivity contribution >= 4 is 11.6 Å². The van der Waals surface area contributed by atoms with Crippen molar-refractivity contribution in [2.45, 2.75) is 6.54 Å². The molecule has 0 spiro atoms. The number of carbonyl (C=O) groups is 1. The highest BCUT2D eigenvalue weighted by Gasteiger charge is 2.09. The average Bonchev–Trinajstić information content (AvgIpc) is 2.62. The number of pyridine rings is 1. The van der Waals surface area contributed by atoms with Gasteiger partial charge in [-0.25, -0.2) is 9.97 Å². The van der Waals surface area contributed by atoms with Crippen LogP contribution in [0.3, 0.4) is 0 Å². The number of rotatable bonds is 9. The number of aromatic nitrogens is 3. The van der Waals surface area contributed by atoms with Gasteiger partial charge in [-0.3, -0.25) is 9.59 Å². The smallest absolute Gasteiger partial charge is 0.316 e. The van der Waals surface area contributed by atoms with Crippen LogP contribution in [0.25, 0.3) is 0 Å². The average molecular weight is 348 g/mol. The second-order valence-electron chi connectivity index (χ2n) is 4.99. The molecule has 0 saturated heterocycles. The Morgan fingerprint density at radius 2 is 1.84 bits per heavy atom. The summed E-state index contributed by atoms with van der Waals surface area (Å²) in [6.45, 7) is 1.52. The molecule has 2 rings (SSSR count). The number of amides is 1. The van der Waals surface area contributed by atoms with Gasteiger partial charge < -0.3 is 24.1 Å². The normalized spacial score (nSPS) is 10.5. The number of hydrogen-bond acceptors (Lipinski definition) is 7. The zero-order valence-electron chi connectivity index (χ0n) is 14.1. The summed E-state index contributed by atoms with van der Waals surface area (Å²) in [6, 6.07) is 3.00. The van der Waals surface area contributed by atoms with E-state index < -0.39 is 0 Å². The summed E-state index contributed by atoms with van der Waals surface area (Å²) in [5, 5.41) is 2.66. The fourth-order valence-electron chi connectivity index (χ4n) is 1.90. The molecule has 0 aliphatic heterocycles. The quantitative estimate of drug-likeness (QED) is 0.660. The Bertz CT molecular complexity index is 745. The van der Waals surface area contributed by atoms with Crippen molar-refractivity contribution in [2.24, 2.45) is 0 Å². The van der Waals surface area contributed by atoms with Gasteiger partial charge in [0.2, 0.25) is 0 Å². The molecule has 0 aliphatic carbocycles. The Balaban J connectivity index is 2.00. The van der Waals surface area contributed by atoms with Gasteiger partial charge in [0.05, 0.1) is 36.9 Å². The first-order valence-corrected chi connectivity index (χ1v) is 7.58. The summed E-state index contributed by atoms with van der Waals surface area (Å²) >= 11 is 0. The van der Waals surface area contributed by atoms with E-state index in [9.17, 15) is 9.59 Å². The van der Waals surface area contributed by atoms with Crippen molar-refractivity contribution in [1.82, 2.24) is 14.5 Å². The molecule has 2 aromatic heterocycles. The molecule has 0 unspecified atom stereocenters. The third-order valence-electron chi connectivity index (χ3n) is 3.19. The van der Waals surface area contributed by atoms with Crippen LogP contribution >= 0.6 is 0 Å². The number of ether oxygens (including phenoxy) is 3. The van der Waals surface area contributed by atoms with E-state index in [1.54, 1.807) is 14.2 Å². The summed E-state index contributed by atoms with van der Waals surface area (Å²) in [7, 11) is 3.12. The van der Waals surface area contributed by atoms with Gasteiger partial charge in [-0.1, -0.05) is 0 Å². The third kappa shape index (κ3) is 5.66. The molecule has 25 heavy (non-hydrogen) atoms. The number of carbonyl (C=O) groups excluding carboxylic acids is 1. The number of hydrogen-bond donors (Lipinski definition) is 1. The van der Waals surface area contributed by atoms with Crippen LogP contribution in [0.1, 0.15) is 10.4 Å². The molecule has 0 saturated carbocycles. The van der Waals surface area contributed by atoms with Gasteiger partial charge in [-0.15, -0.1) is 0 Å². The van der Waals surface area contributed by atoms with E-state index >= 15 is 0 Å². The van der Waals surface area contributed by atoms with E-state index in [0.717, 1.165) is 0 Å². The largest absolute Gasteiger partial charge is 0.461 e. The highest BCUT2D eigenvalue weighted by molar-refractivity contribution is 6.03. The summed E-state index contributed by atoms with van der Waals surface area (Å²) in [5.41, 5.74) is 0.560. The second kappa shape index (κ2) is 9.50. The first kappa shape index (κ1) is 18.6. The maximum atomic E-state index is 12.3. The van der Waals surface area contributed by atoms with Crippen LogP contribution in [-0.4, -0.2) is 54.5 Å². The molecule has 0 aliphatic rings. The van der Waals surface area contributed by atoms with Gasteiger partial charge in [0.1, 0.15) is 6.61 Å². The standard InChI is InChI=1S/C16H20N4O5/c1-23-6-5-20-11-12(3-4-14(20)21)15(22)19-13-9-17-16(18-10-13)25-8-7-24-2/h3-4,9-11H,5-8H2,1-2H3,(H,19,22). The lowest BCUT2D eigenvalue weighted by molar-refractivity contribution is 0.102. The molecule has 0 fully saturated rings. The van der Waals surface area contributed by atoms with Gasteiger partial charge in [0, 0.05) is 33.0 Å². The molecular formula is C16H20N4O5. The zero-order valence-corrected chi connectivity index (χ0v) is 14.1. The van der Waals surface area contributed by atoms with Crippen LogP contribution in [0.15, 0.2) is 35.5 Å². The molecule has 0 bridgehead atoms. The van der Waals surface area contributed by atoms with Gasteiger partial charge in [0.25, 0.3) is 11.5 Å². The molecule has 0 radical (unpaired) electrons. The molecule has 2 heterocycles. The maximum Gasteiger partial charge on any atom is 0.316 e. The summed E-state index contributed by atoms with van der Waals surface area (Å²) < 4.78 is 16.5. The zero-order chi connectivity index (χ0) is 18.1. The Hall–Kier alpha value is -2.78. The number of anilines is 1. The van der Waals surface area contributed by atoms with Crippen molar-refractivity contribution < 1.29 is 19.0 Å². The molecule has 9 heteroatoms. The van der Waals surface area contributed by atoms with Crippen molar-refractivity contribution in [3.8, 4) is 6.01 Å².